The normalized spacial score (nSPS) is 11.1. The summed E-state index contributed by atoms with van der Waals surface area (Å²) in [5.74, 6) is -0.329. The Bertz CT molecular complexity index is 979. The number of halogens is 1. The molecule has 0 radical (unpaired) electrons. The Kier molecular flexibility index (Phi) is 2.69. The number of para-hydroxylation sites is 2. The number of nitrogens with one attached hydrogen (secondary N) is 1. The summed E-state index contributed by atoms with van der Waals surface area (Å²) in [4.78, 5) is 16.4. The van der Waals surface area contributed by atoms with Gasteiger partial charge in [0.2, 0.25) is 0 Å². The average Bonchev–Trinajstić information content (AvgIpc) is 3.11. The molecule has 4 aromatic rings. The molecule has 22 heavy (non-hydrogen) atoms. The molecule has 0 spiro atoms. The van der Waals surface area contributed by atoms with Gasteiger partial charge in [-0.25, -0.2) is 4.39 Å². The zero-order valence-electron chi connectivity index (χ0n) is 11.3. The monoisotopic (exact) mass is 295 g/mol. The summed E-state index contributed by atoms with van der Waals surface area (Å²) < 4.78 is 19.8. The van der Waals surface area contributed by atoms with Gasteiger partial charge in [0.1, 0.15) is 11.3 Å². The highest BCUT2D eigenvalue weighted by molar-refractivity contribution is 5.73. The molecular weight excluding hydrogens is 285 g/mol. The highest BCUT2D eigenvalue weighted by atomic mass is 19.1. The number of rotatable bonds is 2. The Labute approximate surface area is 123 Å². The van der Waals surface area contributed by atoms with Gasteiger partial charge in [-0.1, -0.05) is 12.1 Å². The number of aromatic amines is 1. The molecule has 2 aromatic heterocycles. The third-order valence-corrected chi connectivity index (χ3v) is 3.35. The number of oxazole rings is 1. The van der Waals surface area contributed by atoms with Gasteiger partial charge in [-0.05, 0) is 42.0 Å². The summed E-state index contributed by atoms with van der Waals surface area (Å²) in [7, 11) is 0. The smallest absolute Gasteiger partial charge is 0.325 e. The second kappa shape index (κ2) is 4.70. The minimum Gasteiger partial charge on any atom is -0.422 e. The molecule has 1 N–H and O–H groups in total. The number of fused-ring (bicyclic) bond motifs is 1. The first-order chi connectivity index (χ1) is 10.7. The van der Waals surface area contributed by atoms with E-state index in [0.29, 0.717) is 22.4 Å². The van der Waals surface area contributed by atoms with E-state index in [9.17, 15) is 9.18 Å². The van der Waals surface area contributed by atoms with Gasteiger partial charge in [0.15, 0.2) is 5.58 Å². The molecule has 0 atom stereocenters. The first kappa shape index (κ1) is 12.6. The van der Waals surface area contributed by atoms with Crippen molar-refractivity contribution in [3.8, 4) is 17.3 Å². The maximum absolute atomic E-state index is 13.0. The minimum absolute atomic E-state index is 0.166. The Morgan fingerprint density at radius 2 is 1.86 bits per heavy atom. The zero-order valence-corrected chi connectivity index (χ0v) is 11.3. The number of aromatic nitrogens is 3. The highest BCUT2D eigenvalue weighted by Crippen LogP contribution is 2.19. The second-order valence-electron chi connectivity index (χ2n) is 4.81. The second-order valence-corrected chi connectivity index (χ2v) is 4.81. The highest BCUT2D eigenvalue weighted by Gasteiger charge is 2.12. The SMILES string of the molecule is O=c1cc(-c2ccc(F)cc2)[nH]n1-c1nc2ccccc2o1. The van der Waals surface area contributed by atoms with Gasteiger partial charge in [0, 0.05) is 6.07 Å². The van der Waals surface area contributed by atoms with E-state index in [2.05, 4.69) is 10.1 Å². The first-order valence-electron chi connectivity index (χ1n) is 6.65. The largest absolute Gasteiger partial charge is 0.422 e. The summed E-state index contributed by atoms with van der Waals surface area (Å²) in [5, 5.41) is 2.92. The van der Waals surface area contributed by atoms with Crippen LogP contribution in [0.4, 0.5) is 4.39 Å². The number of nitrogens with zero attached hydrogens (tertiary/aromatic N) is 2. The molecule has 0 aliphatic carbocycles. The van der Waals surface area contributed by atoms with Crippen molar-refractivity contribution in [3.63, 3.8) is 0 Å². The molecule has 108 valence electrons. The van der Waals surface area contributed by atoms with E-state index in [1.165, 1.54) is 22.9 Å². The number of benzene rings is 2. The van der Waals surface area contributed by atoms with Crippen molar-refractivity contribution in [1.29, 1.82) is 0 Å². The topological polar surface area (TPSA) is 63.8 Å². The van der Waals surface area contributed by atoms with Crippen molar-refractivity contribution in [2.24, 2.45) is 0 Å². The van der Waals surface area contributed by atoms with Gasteiger partial charge < -0.3 is 4.42 Å². The van der Waals surface area contributed by atoms with Crippen molar-refractivity contribution >= 4 is 11.1 Å². The van der Waals surface area contributed by atoms with Gasteiger partial charge >= 0.3 is 6.01 Å². The first-order valence-corrected chi connectivity index (χ1v) is 6.65. The fourth-order valence-electron chi connectivity index (χ4n) is 2.27. The fourth-order valence-corrected chi connectivity index (χ4v) is 2.27. The molecule has 5 nitrogen and oxygen atoms in total. The van der Waals surface area contributed by atoms with Crippen LogP contribution in [0.5, 0.6) is 0 Å². The van der Waals surface area contributed by atoms with Crippen molar-refractivity contribution in [2.75, 3.05) is 0 Å². The molecule has 0 aliphatic heterocycles. The molecule has 0 saturated heterocycles. The third-order valence-electron chi connectivity index (χ3n) is 3.35. The lowest BCUT2D eigenvalue weighted by molar-refractivity contribution is 0.537. The fraction of sp³-hybridized carbons (Fsp3) is 0. The molecule has 0 unspecified atom stereocenters. The quantitative estimate of drug-likeness (QED) is 0.618. The predicted molar refractivity (Wildman–Crippen MR) is 79.4 cm³/mol. The van der Waals surface area contributed by atoms with Crippen LogP contribution in [0.2, 0.25) is 0 Å². The maximum atomic E-state index is 13.0. The van der Waals surface area contributed by atoms with Crippen molar-refractivity contribution in [3.05, 3.63) is 70.8 Å². The molecule has 2 aromatic carbocycles. The van der Waals surface area contributed by atoms with Gasteiger partial charge in [-0.15, -0.1) is 0 Å². The standard InChI is InChI=1S/C16H10FN3O2/c17-11-7-5-10(6-8-11)13-9-15(21)20(19-13)16-18-12-3-1-2-4-14(12)22-16/h1-9,19H. The van der Waals surface area contributed by atoms with Crippen LogP contribution in [-0.2, 0) is 0 Å². The molecule has 0 saturated carbocycles. The van der Waals surface area contributed by atoms with Crippen LogP contribution in [0, 0.1) is 5.82 Å². The van der Waals surface area contributed by atoms with Crippen LogP contribution in [0.3, 0.4) is 0 Å². The molecule has 0 bridgehead atoms. The molecule has 6 heteroatoms. The lowest BCUT2D eigenvalue weighted by Gasteiger charge is -1.97. The van der Waals surface area contributed by atoms with Crippen LogP contribution in [0.1, 0.15) is 0 Å². The summed E-state index contributed by atoms with van der Waals surface area (Å²) in [6, 6.07) is 14.7. The molecule has 0 amide bonds. The van der Waals surface area contributed by atoms with Crippen LogP contribution in [0.15, 0.2) is 63.8 Å². The number of H-pyrrole nitrogens is 1. The Balaban J connectivity index is 1.82. The third kappa shape index (κ3) is 2.01. The lowest BCUT2D eigenvalue weighted by Crippen LogP contribution is -2.13. The zero-order chi connectivity index (χ0) is 15.1. The van der Waals surface area contributed by atoms with Crippen molar-refractivity contribution in [2.45, 2.75) is 0 Å². The van der Waals surface area contributed by atoms with Crippen LogP contribution in [-0.4, -0.2) is 14.8 Å². The minimum atomic E-state index is -0.329. The van der Waals surface area contributed by atoms with Crippen LogP contribution >= 0.6 is 0 Å². The van der Waals surface area contributed by atoms with Gasteiger partial charge in [-0.2, -0.15) is 9.67 Å². The summed E-state index contributed by atoms with van der Waals surface area (Å²) >= 11 is 0. The molecule has 0 fully saturated rings. The van der Waals surface area contributed by atoms with Crippen molar-refractivity contribution < 1.29 is 8.81 Å². The average molecular weight is 295 g/mol. The molecule has 4 rings (SSSR count). The molecule has 0 aliphatic rings. The summed E-state index contributed by atoms with van der Waals surface area (Å²) in [6.07, 6.45) is 0. The van der Waals surface area contributed by atoms with Gasteiger partial charge in [0.05, 0.1) is 5.69 Å². The molecule has 2 heterocycles. The lowest BCUT2D eigenvalue weighted by atomic mass is 10.1. The van der Waals surface area contributed by atoms with Crippen LogP contribution < -0.4 is 5.56 Å². The van der Waals surface area contributed by atoms with Gasteiger partial charge in [0.25, 0.3) is 5.56 Å². The van der Waals surface area contributed by atoms with E-state index in [1.807, 2.05) is 12.1 Å². The van der Waals surface area contributed by atoms with E-state index in [1.54, 1.807) is 24.3 Å². The number of hydrogen-bond donors (Lipinski definition) is 1. The van der Waals surface area contributed by atoms with E-state index in [0.717, 1.165) is 0 Å². The van der Waals surface area contributed by atoms with Crippen molar-refractivity contribution in [1.82, 2.24) is 14.8 Å². The summed E-state index contributed by atoms with van der Waals surface area (Å²) in [5.41, 5.74) is 2.23. The Morgan fingerprint density at radius 1 is 1.09 bits per heavy atom. The Hall–Kier alpha value is -3.15. The van der Waals surface area contributed by atoms with E-state index < -0.39 is 0 Å². The number of hydrogen-bond acceptors (Lipinski definition) is 3. The maximum Gasteiger partial charge on any atom is 0.325 e. The van der Waals surface area contributed by atoms with E-state index in [4.69, 9.17) is 4.42 Å². The predicted octanol–water partition coefficient (Wildman–Crippen LogP) is 3.11. The van der Waals surface area contributed by atoms with E-state index in [-0.39, 0.29) is 17.4 Å². The van der Waals surface area contributed by atoms with Crippen LogP contribution in [0.25, 0.3) is 28.4 Å². The molecular formula is C16H10FN3O2. The summed E-state index contributed by atoms with van der Waals surface area (Å²) in [6.45, 7) is 0. The van der Waals surface area contributed by atoms with Gasteiger partial charge in [-0.3, -0.25) is 9.89 Å². The van der Waals surface area contributed by atoms with E-state index >= 15 is 0 Å². The Morgan fingerprint density at radius 3 is 2.64 bits per heavy atom.